The molecule has 0 aliphatic heterocycles. The molecule has 0 amide bonds. The van der Waals surface area contributed by atoms with Crippen LogP contribution in [0.1, 0.15) is 43.2 Å². The highest BCUT2D eigenvalue weighted by Crippen LogP contribution is 2.59. The first-order chi connectivity index (χ1) is 24.4. The number of furan rings is 1. The van der Waals surface area contributed by atoms with E-state index in [1.807, 2.05) is 12.1 Å². The Balaban J connectivity index is 1.13. The van der Waals surface area contributed by atoms with E-state index in [4.69, 9.17) is 4.42 Å². The maximum atomic E-state index is 6.34. The summed E-state index contributed by atoms with van der Waals surface area (Å²) >= 11 is 0. The van der Waals surface area contributed by atoms with Crippen molar-refractivity contribution < 1.29 is 4.42 Å². The molecule has 2 aromatic heterocycles. The van der Waals surface area contributed by atoms with Gasteiger partial charge in [0, 0.05) is 32.9 Å². The van der Waals surface area contributed by atoms with Crippen molar-refractivity contribution >= 4 is 60.3 Å². The molecule has 9 aromatic rings. The van der Waals surface area contributed by atoms with Crippen LogP contribution in [0.5, 0.6) is 0 Å². The van der Waals surface area contributed by atoms with Gasteiger partial charge in [0.15, 0.2) is 0 Å². The highest BCUT2D eigenvalue weighted by molar-refractivity contribution is 6.25. The second-order valence-corrected chi connectivity index (χ2v) is 15.1. The molecular weight excluding hydrogens is 607 g/mol. The molecule has 11 rings (SSSR count). The van der Waals surface area contributed by atoms with Crippen LogP contribution in [-0.4, -0.2) is 4.57 Å². The van der Waals surface area contributed by atoms with Gasteiger partial charge < -0.3 is 8.98 Å². The Bertz CT molecular complexity index is 2880. The van der Waals surface area contributed by atoms with Crippen molar-refractivity contribution in [1.29, 1.82) is 0 Å². The molecular formula is C48H35NO. The van der Waals surface area contributed by atoms with E-state index in [-0.39, 0.29) is 10.8 Å². The molecule has 1 atom stereocenters. The van der Waals surface area contributed by atoms with E-state index >= 15 is 0 Å². The van der Waals surface area contributed by atoms with Crippen LogP contribution in [0.3, 0.4) is 0 Å². The monoisotopic (exact) mass is 641 g/mol. The van der Waals surface area contributed by atoms with Gasteiger partial charge in [0.1, 0.15) is 11.3 Å². The minimum absolute atomic E-state index is 0.105. The molecule has 0 N–H and O–H groups in total. The summed E-state index contributed by atoms with van der Waals surface area (Å²) < 4.78 is 8.87. The first-order valence-electron chi connectivity index (χ1n) is 17.7. The van der Waals surface area contributed by atoms with Crippen LogP contribution in [0.4, 0.5) is 0 Å². The van der Waals surface area contributed by atoms with Gasteiger partial charge in [0.25, 0.3) is 0 Å². The summed E-state index contributed by atoms with van der Waals surface area (Å²) in [6, 6.07) is 51.3. The topological polar surface area (TPSA) is 18.1 Å². The first-order valence-corrected chi connectivity index (χ1v) is 17.7. The van der Waals surface area contributed by atoms with Crippen molar-refractivity contribution in [2.45, 2.75) is 38.0 Å². The Kier molecular flexibility index (Phi) is 5.40. The molecule has 2 aliphatic carbocycles. The van der Waals surface area contributed by atoms with E-state index in [1.165, 1.54) is 76.9 Å². The molecule has 1 unspecified atom stereocenters. The van der Waals surface area contributed by atoms with Gasteiger partial charge in [0.2, 0.25) is 0 Å². The standard InChI is InChI=1S/C48H35NO/c1-47(2)41-24-30(45-25-29-12-4-11-19-44(29)50-45)20-23-40(41)48(3)28-39-37-17-9-10-18-42(37)49(43(39)27-46(47)48)31-21-22-36-34-15-6-5-13-32(34)33-14-7-8-16-35(33)38(36)26-31/h4-27H,28H2,1-3H3. The maximum absolute atomic E-state index is 6.34. The number of para-hydroxylation sites is 2. The van der Waals surface area contributed by atoms with Crippen LogP contribution < -0.4 is 0 Å². The lowest BCUT2D eigenvalue weighted by Crippen LogP contribution is -2.31. The van der Waals surface area contributed by atoms with Crippen molar-refractivity contribution in [1.82, 2.24) is 4.57 Å². The zero-order valence-corrected chi connectivity index (χ0v) is 28.4. The summed E-state index contributed by atoms with van der Waals surface area (Å²) in [5.41, 5.74) is 11.3. The predicted octanol–water partition coefficient (Wildman–Crippen LogP) is 12.7. The van der Waals surface area contributed by atoms with E-state index in [2.05, 4.69) is 159 Å². The van der Waals surface area contributed by atoms with E-state index in [0.717, 1.165) is 28.7 Å². The third-order valence-electron chi connectivity index (χ3n) is 12.1. The van der Waals surface area contributed by atoms with Crippen molar-refractivity contribution in [2.75, 3.05) is 0 Å². The van der Waals surface area contributed by atoms with Gasteiger partial charge in [-0.1, -0.05) is 124 Å². The number of rotatable bonds is 2. The third-order valence-corrected chi connectivity index (χ3v) is 12.1. The molecule has 2 aliphatic rings. The Hall–Kier alpha value is -5.86. The normalized spacial score (nSPS) is 17.8. The highest BCUT2D eigenvalue weighted by atomic mass is 16.3. The number of allylic oxidation sites excluding steroid dienone is 1. The number of benzene rings is 7. The molecule has 2 nitrogen and oxygen atoms in total. The van der Waals surface area contributed by atoms with Gasteiger partial charge >= 0.3 is 0 Å². The number of nitrogens with zero attached hydrogens (tertiary/aromatic N) is 1. The fraction of sp³-hybridized carbons (Fsp3) is 0.125. The largest absolute Gasteiger partial charge is 0.456 e. The number of fused-ring (bicyclic) bond motifs is 13. The van der Waals surface area contributed by atoms with Crippen LogP contribution >= 0.6 is 0 Å². The van der Waals surface area contributed by atoms with E-state index in [1.54, 1.807) is 0 Å². The zero-order valence-electron chi connectivity index (χ0n) is 28.4. The first kappa shape index (κ1) is 28.0. The zero-order chi connectivity index (χ0) is 33.4. The van der Waals surface area contributed by atoms with Crippen molar-refractivity contribution in [2.24, 2.45) is 0 Å². The maximum Gasteiger partial charge on any atom is 0.135 e. The molecule has 0 bridgehead atoms. The summed E-state index contributed by atoms with van der Waals surface area (Å²) in [6.07, 6.45) is 3.51. The number of hydrogen-bond donors (Lipinski definition) is 0. The minimum atomic E-state index is -0.149. The van der Waals surface area contributed by atoms with Crippen LogP contribution in [0, 0.1) is 0 Å². The predicted molar refractivity (Wildman–Crippen MR) is 210 cm³/mol. The van der Waals surface area contributed by atoms with Gasteiger partial charge in [-0.25, -0.2) is 0 Å². The molecule has 0 saturated carbocycles. The van der Waals surface area contributed by atoms with Crippen LogP contribution in [0.15, 0.2) is 150 Å². The Labute approximate surface area is 290 Å². The van der Waals surface area contributed by atoms with Crippen molar-refractivity contribution in [3.8, 4) is 17.0 Å². The van der Waals surface area contributed by atoms with E-state index in [0.29, 0.717) is 0 Å². The summed E-state index contributed by atoms with van der Waals surface area (Å²) in [4.78, 5) is 0. The van der Waals surface area contributed by atoms with Crippen LogP contribution in [0.2, 0.25) is 0 Å². The molecule has 0 radical (unpaired) electrons. The average molecular weight is 642 g/mol. The fourth-order valence-electron chi connectivity index (χ4n) is 9.80. The Morgan fingerprint density at radius 1 is 0.560 bits per heavy atom. The summed E-state index contributed by atoms with van der Waals surface area (Å²) in [7, 11) is 0. The quantitative estimate of drug-likeness (QED) is 0.172. The smallest absolute Gasteiger partial charge is 0.135 e. The SMILES string of the molecule is CC1(C)C2=Cc3c(c4ccccc4n3-c3ccc4c5ccccc5c5ccccc5c4c3)CC2(C)c2ccc(-c3cc4ccccc4o3)cc21. The van der Waals surface area contributed by atoms with E-state index in [9.17, 15) is 0 Å². The van der Waals surface area contributed by atoms with Crippen molar-refractivity contribution in [3.05, 3.63) is 167 Å². The fourth-order valence-corrected chi connectivity index (χ4v) is 9.80. The van der Waals surface area contributed by atoms with Gasteiger partial charge in [0.05, 0.1) is 11.2 Å². The van der Waals surface area contributed by atoms with Crippen LogP contribution in [0.25, 0.3) is 77.3 Å². The molecule has 50 heavy (non-hydrogen) atoms. The lowest BCUT2D eigenvalue weighted by molar-refractivity contribution is 0.508. The van der Waals surface area contributed by atoms with Gasteiger partial charge in [-0.3, -0.25) is 0 Å². The second kappa shape index (κ2) is 9.64. The van der Waals surface area contributed by atoms with Crippen molar-refractivity contribution in [3.63, 3.8) is 0 Å². The molecule has 7 aromatic carbocycles. The molecule has 0 spiro atoms. The third kappa shape index (κ3) is 3.58. The Morgan fingerprint density at radius 3 is 1.94 bits per heavy atom. The van der Waals surface area contributed by atoms with Gasteiger partial charge in [-0.05, 0) is 103 Å². The van der Waals surface area contributed by atoms with Gasteiger partial charge in [-0.2, -0.15) is 0 Å². The summed E-state index contributed by atoms with van der Waals surface area (Å²) in [6.45, 7) is 7.29. The van der Waals surface area contributed by atoms with E-state index < -0.39 is 0 Å². The lowest BCUT2D eigenvalue weighted by Gasteiger charge is -2.36. The lowest BCUT2D eigenvalue weighted by atomic mass is 9.68. The average Bonchev–Trinajstić information content (AvgIpc) is 3.78. The van der Waals surface area contributed by atoms with Crippen LogP contribution in [-0.2, 0) is 17.3 Å². The molecule has 238 valence electrons. The second-order valence-electron chi connectivity index (χ2n) is 15.1. The summed E-state index contributed by atoms with van der Waals surface area (Å²) in [5, 5.41) is 10.3. The minimum Gasteiger partial charge on any atom is -0.456 e. The molecule has 0 fully saturated rings. The Morgan fingerprint density at radius 2 is 1.20 bits per heavy atom. The highest BCUT2D eigenvalue weighted by Gasteiger charge is 2.51. The number of aromatic nitrogens is 1. The molecule has 0 saturated heterocycles. The molecule has 2 heterocycles. The number of hydrogen-bond acceptors (Lipinski definition) is 1. The summed E-state index contributed by atoms with van der Waals surface area (Å²) in [5.74, 6) is 0.927. The molecule has 2 heteroatoms. The van der Waals surface area contributed by atoms with Gasteiger partial charge in [-0.15, -0.1) is 0 Å².